The second kappa shape index (κ2) is 10.4. The summed E-state index contributed by atoms with van der Waals surface area (Å²) >= 11 is 1.70. The van der Waals surface area contributed by atoms with E-state index in [2.05, 4.69) is 14.7 Å². The van der Waals surface area contributed by atoms with E-state index in [9.17, 15) is 4.79 Å². The summed E-state index contributed by atoms with van der Waals surface area (Å²) in [6.07, 6.45) is 6.89. The number of amides is 1. The molecule has 1 aromatic rings. The summed E-state index contributed by atoms with van der Waals surface area (Å²) < 4.78 is 10.8. The number of carbonyl (C=O) groups excluding carboxylic acids is 1. The van der Waals surface area contributed by atoms with Crippen molar-refractivity contribution in [3.8, 4) is 0 Å². The van der Waals surface area contributed by atoms with Crippen LogP contribution in [0.15, 0.2) is 17.6 Å². The number of allylic oxidation sites excluding steroid dienone is 4. The van der Waals surface area contributed by atoms with Crippen LogP contribution in [-0.4, -0.2) is 85.1 Å². The van der Waals surface area contributed by atoms with Crippen LogP contribution < -0.4 is 0 Å². The van der Waals surface area contributed by atoms with Gasteiger partial charge in [0.1, 0.15) is 10.8 Å². The fourth-order valence-corrected chi connectivity index (χ4v) is 5.78. The Morgan fingerprint density at radius 1 is 1.12 bits per heavy atom. The van der Waals surface area contributed by atoms with Gasteiger partial charge in [-0.05, 0) is 32.8 Å². The van der Waals surface area contributed by atoms with Crippen LogP contribution in [0, 0.1) is 0 Å². The van der Waals surface area contributed by atoms with Gasteiger partial charge >= 0.3 is 0 Å². The molecule has 8 heteroatoms. The molecular weight excluding hydrogens is 424 g/mol. The molecule has 0 bridgehead atoms. The van der Waals surface area contributed by atoms with Crippen molar-refractivity contribution in [1.29, 1.82) is 0 Å². The van der Waals surface area contributed by atoms with Gasteiger partial charge in [0, 0.05) is 56.6 Å². The van der Waals surface area contributed by atoms with Gasteiger partial charge in [-0.3, -0.25) is 14.6 Å². The molecule has 1 saturated heterocycles. The molecule has 0 spiro atoms. The van der Waals surface area contributed by atoms with Gasteiger partial charge < -0.3 is 14.4 Å². The number of methoxy groups -OCH3 is 2. The Labute approximate surface area is 195 Å². The van der Waals surface area contributed by atoms with Gasteiger partial charge in [-0.1, -0.05) is 6.42 Å². The van der Waals surface area contributed by atoms with Crippen LogP contribution in [-0.2, 0) is 27.2 Å². The molecule has 0 radical (unpaired) electrons. The Morgan fingerprint density at radius 3 is 2.50 bits per heavy atom. The summed E-state index contributed by atoms with van der Waals surface area (Å²) in [5.74, 6) is 1.90. The lowest BCUT2D eigenvalue weighted by Crippen LogP contribution is -2.55. The molecule has 4 rings (SSSR count). The summed E-state index contributed by atoms with van der Waals surface area (Å²) in [6.45, 7) is 9.83. The molecule has 0 N–H and O–H groups in total. The lowest BCUT2D eigenvalue weighted by molar-refractivity contribution is -0.135. The maximum absolute atomic E-state index is 12.9. The summed E-state index contributed by atoms with van der Waals surface area (Å²) in [6, 6.07) is 0.775. The predicted octanol–water partition coefficient (Wildman–Crippen LogP) is 3.13. The van der Waals surface area contributed by atoms with Crippen molar-refractivity contribution >= 4 is 22.8 Å². The molecule has 1 amide bonds. The molecule has 32 heavy (non-hydrogen) atoms. The van der Waals surface area contributed by atoms with Gasteiger partial charge in [0.15, 0.2) is 0 Å². The zero-order valence-corrected chi connectivity index (χ0v) is 20.7. The molecule has 1 aliphatic carbocycles. The van der Waals surface area contributed by atoms with Crippen molar-refractivity contribution < 1.29 is 14.3 Å². The minimum Gasteiger partial charge on any atom is -0.501 e. The highest BCUT2D eigenvalue weighted by molar-refractivity contribution is 7.12. The fraction of sp³-hybridized carbons (Fsp3) is 0.667. The van der Waals surface area contributed by atoms with Gasteiger partial charge in [-0.15, -0.1) is 11.3 Å². The largest absolute Gasteiger partial charge is 0.501 e. The van der Waals surface area contributed by atoms with Gasteiger partial charge in [-0.2, -0.15) is 0 Å². The Morgan fingerprint density at radius 2 is 1.88 bits per heavy atom. The fourth-order valence-electron chi connectivity index (χ4n) is 4.56. The third-order valence-electron chi connectivity index (χ3n) is 7.01. The number of rotatable bonds is 7. The van der Waals surface area contributed by atoms with Crippen LogP contribution in [0.4, 0.5) is 0 Å². The smallest absolute Gasteiger partial charge is 0.236 e. The van der Waals surface area contributed by atoms with Crippen LogP contribution in [0.2, 0.25) is 0 Å². The second-order valence-electron chi connectivity index (χ2n) is 8.98. The number of carbonyl (C=O) groups is 1. The first-order valence-corrected chi connectivity index (χ1v) is 12.5. The van der Waals surface area contributed by atoms with Crippen LogP contribution in [0.3, 0.4) is 0 Å². The quantitative estimate of drug-likeness (QED) is 0.460. The highest BCUT2D eigenvalue weighted by Crippen LogP contribution is 2.32. The Hall–Kier alpha value is -1.90. The van der Waals surface area contributed by atoms with E-state index in [1.165, 1.54) is 24.1 Å². The molecule has 3 heterocycles. The number of hydrogen-bond donors (Lipinski definition) is 0. The maximum Gasteiger partial charge on any atom is 0.236 e. The molecule has 7 nitrogen and oxygen atoms in total. The minimum absolute atomic E-state index is 0.265. The molecule has 2 aliphatic heterocycles. The van der Waals surface area contributed by atoms with E-state index in [0.717, 1.165) is 79.5 Å². The topological polar surface area (TPSA) is 58.1 Å². The number of piperazine rings is 1. The highest BCUT2D eigenvalue weighted by atomic mass is 32.1. The molecule has 176 valence electrons. The number of fused-ring (bicyclic) bond motifs is 1. The van der Waals surface area contributed by atoms with Gasteiger partial charge in [0.05, 0.1) is 37.8 Å². The zero-order valence-electron chi connectivity index (χ0n) is 19.9. The zero-order chi connectivity index (χ0) is 22.7. The van der Waals surface area contributed by atoms with Crippen LogP contribution in [0.1, 0.15) is 48.7 Å². The number of nitrogens with zero attached hydrogens (tertiary/aromatic N) is 4. The Kier molecular flexibility index (Phi) is 7.53. The third-order valence-corrected chi connectivity index (χ3v) is 8.13. The first-order valence-electron chi connectivity index (χ1n) is 11.7. The van der Waals surface area contributed by atoms with Crippen molar-refractivity contribution in [2.75, 3.05) is 53.5 Å². The first kappa shape index (κ1) is 23.3. The summed E-state index contributed by atoms with van der Waals surface area (Å²) in [7, 11) is 3.35. The van der Waals surface area contributed by atoms with Gasteiger partial charge in [-0.25, -0.2) is 4.98 Å². The van der Waals surface area contributed by atoms with Crippen molar-refractivity contribution in [2.24, 2.45) is 0 Å². The number of thiazole rings is 1. The van der Waals surface area contributed by atoms with E-state index in [1.54, 1.807) is 25.6 Å². The third kappa shape index (κ3) is 5.18. The van der Waals surface area contributed by atoms with Crippen molar-refractivity contribution in [2.45, 2.75) is 52.1 Å². The monoisotopic (exact) mass is 460 g/mol. The molecule has 0 aromatic carbocycles. The molecule has 3 aliphatic rings. The van der Waals surface area contributed by atoms with E-state index < -0.39 is 0 Å². The van der Waals surface area contributed by atoms with E-state index in [-0.39, 0.29) is 5.91 Å². The van der Waals surface area contributed by atoms with Crippen molar-refractivity contribution in [1.82, 2.24) is 19.7 Å². The van der Waals surface area contributed by atoms with Crippen LogP contribution in [0.25, 0.3) is 5.57 Å². The van der Waals surface area contributed by atoms with Gasteiger partial charge in [0.2, 0.25) is 5.91 Å². The summed E-state index contributed by atoms with van der Waals surface area (Å²) in [5.41, 5.74) is 2.10. The Balaban J connectivity index is 1.36. The maximum atomic E-state index is 12.9. The molecule has 0 unspecified atom stereocenters. The van der Waals surface area contributed by atoms with E-state index in [1.807, 2.05) is 19.9 Å². The minimum atomic E-state index is 0.265. The van der Waals surface area contributed by atoms with Crippen molar-refractivity contribution in [3.63, 3.8) is 0 Å². The predicted molar refractivity (Wildman–Crippen MR) is 127 cm³/mol. The summed E-state index contributed by atoms with van der Waals surface area (Å²) in [5, 5.41) is 0.950. The van der Waals surface area contributed by atoms with E-state index in [4.69, 9.17) is 14.5 Å². The first-order chi connectivity index (χ1) is 15.5. The van der Waals surface area contributed by atoms with Crippen molar-refractivity contribution in [3.05, 3.63) is 33.2 Å². The number of aromatic nitrogens is 1. The molecular formula is C24H36N4O3S. The number of hydrogen-bond acceptors (Lipinski definition) is 7. The molecule has 2 fully saturated rings. The highest BCUT2D eigenvalue weighted by Gasteiger charge is 2.30. The molecule has 1 saturated carbocycles. The summed E-state index contributed by atoms with van der Waals surface area (Å²) in [4.78, 5) is 26.0. The average Bonchev–Trinajstić information content (AvgIpc) is 3.19. The molecule has 0 atom stereocenters. The molecule has 1 aromatic heterocycles. The van der Waals surface area contributed by atoms with Gasteiger partial charge in [0.25, 0.3) is 0 Å². The van der Waals surface area contributed by atoms with Crippen LogP contribution >= 0.6 is 11.3 Å². The van der Waals surface area contributed by atoms with E-state index >= 15 is 0 Å². The lowest BCUT2D eigenvalue weighted by Gasteiger charge is -2.43. The average molecular weight is 461 g/mol. The lowest BCUT2D eigenvalue weighted by atomic mass is 9.91. The number of ether oxygens (including phenoxy) is 2. The normalized spacial score (nSPS) is 21.6. The Bertz CT molecular complexity index is 882. The SMILES string of the molecule is CO/C(C)=C(/C=C(\C)OC)c1nc2c(s1)CN(CC(=O)N1CCN(C3CCC3)CC1)CC2. The second-order valence-corrected chi connectivity index (χ2v) is 10.1. The van der Waals surface area contributed by atoms with E-state index in [0.29, 0.717) is 6.54 Å². The standard InChI is InChI=1S/C24H36N4O3S/c1-17(30-3)14-20(18(2)31-4)24-25-21-8-9-26(15-22(21)32-24)16-23(29)28-12-10-27(11-13-28)19-6-5-7-19/h14,19H,5-13,15-16H2,1-4H3/b17-14+,20-18-. The van der Waals surface area contributed by atoms with Crippen LogP contribution in [0.5, 0.6) is 0 Å².